The Balaban J connectivity index is 1.72. The van der Waals surface area contributed by atoms with Crippen LogP contribution < -0.4 is 10.1 Å². The first kappa shape index (κ1) is 14.6. The van der Waals surface area contributed by atoms with E-state index in [9.17, 15) is 9.59 Å². The highest BCUT2D eigenvalue weighted by Gasteiger charge is 2.18. The van der Waals surface area contributed by atoms with E-state index in [4.69, 9.17) is 9.84 Å². The van der Waals surface area contributed by atoms with Gasteiger partial charge in [0.05, 0.1) is 12.9 Å². The molecule has 2 aromatic rings. The molecule has 7 heteroatoms. The monoisotopic (exact) mass is 289 g/mol. The van der Waals surface area contributed by atoms with Gasteiger partial charge in [-0.15, -0.1) is 0 Å². The van der Waals surface area contributed by atoms with E-state index in [1.54, 1.807) is 0 Å². The molecule has 0 aliphatic carbocycles. The number of carboxylic acids is 1. The van der Waals surface area contributed by atoms with Crippen LogP contribution in [-0.2, 0) is 0 Å². The summed E-state index contributed by atoms with van der Waals surface area (Å²) in [6.45, 7) is 0.828. The van der Waals surface area contributed by atoms with Crippen LogP contribution in [0.3, 0.4) is 0 Å². The average Bonchev–Trinajstić information content (AvgIpc) is 2.97. The molecule has 1 aromatic carbocycles. The van der Waals surface area contributed by atoms with Crippen LogP contribution in [0.25, 0.3) is 0 Å². The fraction of sp³-hybridized carbons (Fsp3) is 0.214. The topological polar surface area (TPSA) is 104 Å². The number of benzene rings is 1. The number of aromatic carboxylic acids is 1. The molecule has 7 nitrogen and oxygen atoms in total. The maximum atomic E-state index is 11.8. The summed E-state index contributed by atoms with van der Waals surface area (Å²) in [7, 11) is 0. The Labute approximate surface area is 121 Å². The first-order valence-electron chi connectivity index (χ1n) is 6.41. The highest BCUT2D eigenvalue weighted by Crippen LogP contribution is 2.08. The minimum absolute atomic E-state index is 0.119. The third-order valence-electron chi connectivity index (χ3n) is 2.69. The third kappa shape index (κ3) is 4.07. The number of rotatable bonds is 7. The summed E-state index contributed by atoms with van der Waals surface area (Å²) >= 11 is 0. The molecule has 0 fully saturated rings. The minimum Gasteiger partial charge on any atom is -0.494 e. The van der Waals surface area contributed by atoms with Gasteiger partial charge in [-0.05, 0) is 18.6 Å². The van der Waals surface area contributed by atoms with E-state index in [1.165, 1.54) is 6.33 Å². The van der Waals surface area contributed by atoms with E-state index in [2.05, 4.69) is 15.3 Å². The average molecular weight is 289 g/mol. The molecule has 3 N–H and O–H groups in total. The number of para-hydroxylation sites is 1. The van der Waals surface area contributed by atoms with E-state index in [0.717, 1.165) is 5.75 Å². The predicted molar refractivity (Wildman–Crippen MR) is 74.4 cm³/mol. The van der Waals surface area contributed by atoms with Gasteiger partial charge in [0.25, 0.3) is 5.91 Å². The summed E-state index contributed by atoms with van der Waals surface area (Å²) in [6.07, 6.45) is 1.78. The summed E-state index contributed by atoms with van der Waals surface area (Å²) in [6, 6.07) is 9.35. The molecule has 0 aliphatic heterocycles. The molecule has 0 saturated heterocycles. The van der Waals surface area contributed by atoms with Crippen molar-refractivity contribution < 1.29 is 19.4 Å². The van der Waals surface area contributed by atoms with Crippen LogP contribution in [-0.4, -0.2) is 40.1 Å². The normalized spacial score (nSPS) is 10.1. The number of H-pyrrole nitrogens is 1. The van der Waals surface area contributed by atoms with Gasteiger partial charge in [-0.1, -0.05) is 18.2 Å². The smallest absolute Gasteiger partial charge is 0.354 e. The fourth-order valence-electron chi connectivity index (χ4n) is 1.69. The molecule has 1 amide bonds. The molecule has 0 bridgehead atoms. The quantitative estimate of drug-likeness (QED) is 0.667. The van der Waals surface area contributed by atoms with Gasteiger partial charge in [0.2, 0.25) is 0 Å². The zero-order valence-electron chi connectivity index (χ0n) is 11.2. The third-order valence-corrected chi connectivity index (χ3v) is 2.69. The summed E-state index contributed by atoms with van der Waals surface area (Å²) in [4.78, 5) is 28.7. The van der Waals surface area contributed by atoms with Crippen molar-refractivity contribution in [1.82, 2.24) is 15.3 Å². The summed E-state index contributed by atoms with van der Waals surface area (Å²) < 4.78 is 5.47. The standard InChI is InChI=1S/C14H15N3O4/c18-13(11-12(14(19)20)17-9-16-11)15-7-4-8-21-10-5-2-1-3-6-10/h1-3,5-6,9H,4,7-8H2,(H,15,18)(H,16,17)(H,19,20). The SMILES string of the molecule is O=C(NCCCOc1ccccc1)c1nc[nH]c1C(=O)O. The number of carboxylic acid groups (broad SMARTS) is 1. The molecule has 0 aliphatic rings. The fourth-order valence-corrected chi connectivity index (χ4v) is 1.69. The van der Waals surface area contributed by atoms with Crippen molar-refractivity contribution in [2.24, 2.45) is 0 Å². The van der Waals surface area contributed by atoms with Gasteiger partial charge in [-0.2, -0.15) is 0 Å². The van der Waals surface area contributed by atoms with Crippen molar-refractivity contribution >= 4 is 11.9 Å². The van der Waals surface area contributed by atoms with Gasteiger partial charge in [0.15, 0.2) is 11.4 Å². The highest BCUT2D eigenvalue weighted by molar-refractivity contribution is 6.02. The van der Waals surface area contributed by atoms with Gasteiger partial charge < -0.3 is 20.1 Å². The van der Waals surface area contributed by atoms with E-state index < -0.39 is 11.9 Å². The number of nitrogens with zero attached hydrogens (tertiary/aromatic N) is 1. The van der Waals surface area contributed by atoms with Crippen LogP contribution >= 0.6 is 0 Å². The van der Waals surface area contributed by atoms with Crippen molar-refractivity contribution in [3.63, 3.8) is 0 Å². The lowest BCUT2D eigenvalue weighted by Gasteiger charge is -2.06. The van der Waals surface area contributed by atoms with E-state index in [0.29, 0.717) is 19.6 Å². The van der Waals surface area contributed by atoms with Crippen LogP contribution in [0, 0.1) is 0 Å². The number of aromatic nitrogens is 2. The van der Waals surface area contributed by atoms with Crippen molar-refractivity contribution in [3.8, 4) is 5.75 Å². The summed E-state index contributed by atoms with van der Waals surface area (Å²) in [5, 5.41) is 11.5. The number of hydrogen-bond acceptors (Lipinski definition) is 4. The number of hydrogen-bond donors (Lipinski definition) is 3. The number of imidazole rings is 1. The zero-order valence-corrected chi connectivity index (χ0v) is 11.2. The second kappa shape index (κ2) is 7.09. The molecule has 0 atom stereocenters. The number of carbonyl (C=O) groups is 2. The molecule has 0 radical (unpaired) electrons. The van der Waals surface area contributed by atoms with Crippen LogP contribution in [0.4, 0.5) is 0 Å². The molecule has 2 rings (SSSR count). The summed E-state index contributed by atoms with van der Waals surface area (Å²) in [5.41, 5.74) is -0.334. The second-order valence-corrected chi connectivity index (χ2v) is 4.20. The molecule has 1 aromatic heterocycles. The number of carbonyl (C=O) groups excluding carboxylic acids is 1. The largest absolute Gasteiger partial charge is 0.494 e. The Hall–Kier alpha value is -2.83. The van der Waals surface area contributed by atoms with Crippen LogP contribution in [0.5, 0.6) is 5.75 Å². The van der Waals surface area contributed by atoms with Gasteiger partial charge >= 0.3 is 5.97 Å². The Morgan fingerprint density at radius 2 is 2.05 bits per heavy atom. The lowest BCUT2D eigenvalue weighted by Crippen LogP contribution is -2.27. The maximum absolute atomic E-state index is 11.8. The van der Waals surface area contributed by atoms with Crippen LogP contribution in [0.1, 0.15) is 27.4 Å². The lowest BCUT2D eigenvalue weighted by molar-refractivity contribution is 0.0685. The van der Waals surface area contributed by atoms with Gasteiger partial charge in [-0.25, -0.2) is 9.78 Å². The Morgan fingerprint density at radius 1 is 1.29 bits per heavy atom. The maximum Gasteiger partial charge on any atom is 0.354 e. The predicted octanol–water partition coefficient (Wildman–Crippen LogP) is 1.31. The molecule has 0 saturated carbocycles. The van der Waals surface area contributed by atoms with Crippen molar-refractivity contribution in [2.75, 3.05) is 13.2 Å². The molecule has 0 unspecified atom stereocenters. The number of amides is 1. The Morgan fingerprint density at radius 3 is 2.76 bits per heavy atom. The second-order valence-electron chi connectivity index (χ2n) is 4.20. The number of ether oxygens (including phenoxy) is 1. The molecule has 110 valence electrons. The minimum atomic E-state index is -1.22. The lowest BCUT2D eigenvalue weighted by atomic mass is 10.3. The first-order valence-corrected chi connectivity index (χ1v) is 6.41. The van der Waals surface area contributed by atoms with Gasteiger partial charge in [0, 0.05) is 6.54 Å². The van der Waals surface area contributed by atoms with E-state index in [1.807, 2.05) is 30.3 Å². The molecular formula is C14H15N3O4. The zero-order chi connectivity index (χ0) is 15.1. The first-order chi connectivity index (χ1) is 10.2. The van der Waals surface area contributed by atoms with Gasteiger partial charge in [0.1, 0.15) is 5.75 Å². The number of aromatic amines is 1. The van der Waals surface area contributed by atoms with Crippen molar-refractivity contribution in [3.05, 3.63) is 48.0 Å². The molecular weight excluding hydrogens is 274 g/mol. The molecule has 1 heterocycles. The van der Waals surface area contributed by atoms with Crippen LogP contribution in [0.2, 0.25) is 0 Å². The molecule has 0 spiro atoms. The number of nitrogens with one attached hydrogen (secondary N) is 2. The molecule has 21 heavy (non-hydrogen) atoms. The van der Waals surface area contributed by atoms with Crippen molar-refractivity contribution in [2.45, 2.75) is 6.42 Å². The van der Waals surface area contributed by atoms with Crippen LogP contribution in [0.15, 0.2) is 36.7 Å². The summed E-state index contributed by atoms with van der Waals surface area (Å²) in [5.74, 6) is -0.970. The van der Waals surface area contributed by atoms with Gasteiger partial charge in [-0.3, -0.25) is 4.79 Å². The highest BCUT2D eigenvalue weighted by atomic mass is 16.5. The Kier molecular flexibility index (Phi) is 4.92. The Bertz CT molecular complexity index is 610. The van der Waals surface area contributed by atoms with E-state index >= 15 is 0 Å². The van der Waals surface area contributed by atoms with E-state index in [-0.39, 0.29) is 11.4 Å². The van der Waals surface area contributed by atoms with Crippen molar-refractivity contribution in [1.29, 1.82) is 0 Å².